The molecule has 0 N–H and O–H groups in total. The monoisotopic (exact) mass is 230 g/mol. The van der Waals surface area contributed by atoms with Gasteiger partial charge in [0, 0.05) is 0 Å². The first-order valence-electron chi connectivity index (χ1n) is 6.15. The van der Waals surface area contributed by atoms with E-state index in [9.17, 15) is 0 Å². The van der Waals surface area contributed by atoms with E-state index in [-0.39, 0.29) is 6.10 Å². The van der Waals surface area contributed by atoms with Crippen LogP contribution in [0, 0.1) is 5.41 Å². The Morgan fingerprint density at radius 3 is 2.88 bits per heavy atom. The van der Waals surface area contributed by atoms with Crippen molar-refractivity contribution in [3.05, 3.63) is 24.3 Å². The van der Waals surface area contributed by atoms with Gasteiger partial charge in [-0.25, -0.2) is 0 Å². The number of hydrogen-bond donors (Lipinski definition) is 0. The van der Waals surface area contributed by atoms with Crippen LogP contribution in [0.1, 0.15) is 27.2 Å². The van der Waals surface area contributed by atoms with Crippen molar-refractivity contribution < 1.29 is 4.74 Å². The second kappa shape index (κ2) is 3.49. The summed E-state index contributed by atoms with van der Waals surface area (Å²) in [7, 11) is 0. The first-order chi connectivity index (χ1) is 8.03. The van der Waals surface area contributed by atoms with Crippen LogP contribution in [0.15, 0.2) is 24.3 Å². The van der Waals surface area contributed by atoms with Crippen LogP contribution in [0.5, 0.6) is 6.01 Å². The van der Waals surface area contributed by atoms with Crippen molar-refractivity contribution in [3.8, 4) is 6.01 Å². The molecule has 1 atom stereocenters. The lowest BCUT2D eigenvalue weighted by molar-refractivity contribution is 0.161. The molecule has 2 aromatic rings. The molecule has 0 radical (unpaired) electrons. The van der Waals surface area contributed by atoms with Crippen molar-refractivity contribution >= 4 is 11.0 Å². The van der Waals surface area contributed by atoms with E-state index < -0.39 is 0 Å². The zero-order valence-corrected chi connectivity index (χ0v) is 10.6. The van der Waals surface area contributed by atoms with Crippen LogP contribution in [-0.2, 0) is 6.54 Å². The number of fused-ring (bicyclic) bond motifs is 3. The maximum atomic E-state index is 5.92. The largest absolute Gasteiger partial charge is 0.459 e. The van der Waals surface area contributed by atoms with Crippen LogP contribution in [0.25, 0.3) is 11.0 Å². The minimum atomic E-state index is 0.266. The second-order valence-corrected chi connectivity index (χ2v) is 6.00. The van der Waals surface area contributed by atoms with Crippen LogP contribution >= 0.6 is 0 Å². The first-order valence-corrected chi connectivity index (χ1v) is 6.15. The van der Waals surface area contributed by atoms with E-state index in [4.69, 9.17) is 4.74 Å². The molecule has 1 aromatic carbocycles. The topological polar surface area (TPSA) is 27.1 Å². The van der Waals surface area contributed by atoms with Gasteiger partial charge in [0.2, 0.25) is 0 Å². The van der Waals surface area contributed by atoms with Crippen molar-refractivity contribution in [1.82, 2.24) is 9.55 Å². The molecule has 1 aliphatic rings. The smallest absolute Gasteiger partial charge is 0.297 e. The lowest BCUT2D eigenvalue weighted by atomic mass is 9.89. The number of nitrogens with zero attached hydrogens (tertiary/aromatic N) is 2. The van der Waals surface area contributed by atoms with E-state index in [1.54, 1.807) is 0 Å². The summed E-state index contributed by atoms with van der Waals surface area (Å²) in [6.07, 6.45) is 1.33. The molecule has 0 spiro atoms. The van der Waals surface area contributed by atoms with Gasteiger partial charge in [-0.3, -0.25) is 4.57 Å². The average molecular weight is 230 g/mol. The van der Waals surface area contributed by atoms with Gasteiger partial charge in [-0.15, -0.1) is 0 Å². The quantitative estimate of drug-likeness (QED) is 0.752. The van der Waals surface area contributed by atoms with Gasteiger partial charge in [-0.1, -0.05) is 32.9 Å². The summed E-state index contributed by atoms with van der Waals surface area (Å²) in [6.45, 7) is 7.66. The highest BCUT2D eigenvalue weighted by Gasteiger charge is 2.29. The van der Waals surface area contributed by atoms with Gasteiger partial charge in [-0.2, -0.15) is 4.98 Å². The Bertz CT molecular complexity index is 551. The summed E-state index contributed by atoms with van der Waals surface area (Å²) in [5.74, 6) is 0. The Hall–Kier alpha value is -1.51. The Balaban J connectivity index is 1.89. The average Bonchev–Trinajstić information content (AvgIpc) is 2.71. The van der Waals surface area contributed by atoms with Crippen molar-refractivity contribution in [2.24, 2.45) is 5.41 Å². The minimum Gasteiger partial charge on any atom is -0.459 e. The molecular weight excluding hydrogens is 212 g/mol. The minimum absolute atomic E-state index is 0.266. The standard InChI is InChI=1S/C14H18N2O/c1-14(2,3)8-10-9-16-12-7-5-4-6-11(12)15-13(16)17-10/h4-7,10H,8-9H2,1-3H3. The summed E-state index contributed by atoms with van der Waals surface area (Å²) in [5.41, 5.74) is 2.50. The van der Waals surface area contributed by atoms with Gasteiger partial charge in [0.15, 0.2) is 0 Å². The highest BCUT2D eigenvalue weighted by Crippen LogP contribution is 2.32. The van der Waals surface area contributed by atoms with E-state index in [1.165, 1.54) is 5.52 Å². The lowest BCUT2D eigenvalue weighted by Crippen LogP contribution is -2.22. The summed E-state index contributed by atoms with van der Waals surface area (Å²) < 4.78 is 8.11. The van der Waals surface area contributed by atoms with Gasteiger partial charge in [0.1, 0.15) is 6.10 Å². The molecule has 3 nitrogen and oxygen atoms in total. The Labute approximate surface area is 101 Å². The molecule has 0 fully saturated rings. The van der Waals surface area contributed by atoms with Gasteiger partial charge in [-0.05, 0) is 24.0 Å². The number of hydrogen-bond acceptors (Lipinski definition) is 2. The molecule has 0 amide bonds. The molecule has 0 saturated carbocycles. The van der Waals surface area contributed by atoms with Crippen molar-refractivity contribution in [1.29, 1.82) is 0 Å². The van der Waals surface area contributed by atoms with Crippen LogP contribution in [0.3, 0.4) is 0 Å². The van der Waals surface area contributed by atoms with E-state index in [0.717, 1.165) is 24.5 Å². The zero-order valence-electron chi connectivity index (χ0n) is 10.6. The molecule has 0 saturated heterocycles. The molecule has 0 bridgehead atoms. The van der Waals surface area contributed by atoms with Gasteiger partial charge in [0.25, 0.3) is 6.01 Å². The molecule has 0 aliphatic carbocycles. The van der Waals surface area contributed by atoms with Crippen molar-refractivity contribution in [3.63, 3.8) is 0 Å². The highest BCUT2D eigenvalue weighted by atomic mass is 16.5. The Morgan fingerprint density at radius 2 is 2.12 bits per heavy atom. The van der Waals surface area contributed by atoms with Crippen LogP contribution < -0.4 is 4.74 Å². The Morgan fingerprint density at radius 1 is 1.35 bits per heavy atom. The number of ether oxygens (including phenoxy) is 1. The SMILES string of the molecule is CC(C)(C)CC1Cn2c(nc3ccccc32)O1. The normalized spacial score (nSPS) is 19.4. The van der Waals surface area contributed by atoms with Crippen LogP contribution in [0.4, 0.5) is 0 Å². The number of para-hydroxylation sites is 2. The molecule has 2 heterocycles. The lowest BCUT2D eigenvalue weighted by Gasteiger charge is -2.21. The highest BCUT2D eigenvalue weighted by molar-refractivity contribution is 5.76. The van der Waals surface area contributed by atoms with Crippen LogP contribution in [-0.4, -0.2) is 15.7 Å². The summed E-state index contributed by atoms with van der Waals surface area (Å²) in [4.78, 5) is 4.51. The van der Waals surface area contributed by atoms with Gasteiger partial charge >= 0.3 is 0 Å². The first kappa shape index (κ1) is 10.6. The molecular formula is C14H18N2O. The third kappa shape index (κ3) is 1.90. The molecule has 17 heavy (non-hydrogen) atoms. The molecule has 1 aromatic heterocycles. The number of aromatic nitrogens is 2. The maximum absolute atomic E-state index is 5.92. The fourth-order valence-electron chi connectivity index (χ4n) is 2.50. The van der Waals surface area contributed by atoms with Gasteiger partial charge < -0.3 is 4.74 Å². The van der Waals surface area contributed by atoms with Gasteiger partial charge in [0.05, 0.1) is 17.6 Å². The number of imidazole rings is 1. The van der Waals surface area contributed by atoms with Crippen LogP contribution in [0.2, 0.25) is 0 Å². The predicted molar refractivity (Wildman–Crippen MR) is 68.2 cm³/mol. The summed E-state index contributed by atoms with van der Waals surface area (Å²) in [6, 6.07) is 8.98. The third-order valence-corrected chi connectivity index (χ3v) is 3.12. The number of rotatable bonds is 1. The third-order valence-electron chi connectivity index (χ3n) is 3.12. The molecule has 1 unspecified atom stereocenters. The molecule has 90 valence electrons. The molecule has 3 heteroatoms. The molecule has 1 aliphatic heterocycles. The van der Waals surface area contributed by atoms with E-state index in [0.29, 0.717) is 5.41 Å². The fourth-order valence-corrected chi connectivity index (χ4v) is 2.50. The zero-order chi connectivity index (χ0) is 12.0. The number of benzene rings is 1. The van der Waals surface area contributed by atoms with Crippen molar-refractivity contribution in [2.45, 2.75) is 39.8 Å². The van der Waals surface area contributed by atoms with Crippen molar-refractivity contribution in [2.75, 3.05) is 0 Å². The summed E-state index contributed by atoms with van der Waals surface area (Å²) in [5, 5.41) is 0. The molecule has 3 rings (SSSR count). The predicted octanol–water partition coefficient (Wildman–Crippen LogP) is 3.23. The summed E-state index contributed by atoms with van der Waals surface area (Å²) >= 11 is 0. The van der Waals surface area contributed by atoms with E-state index >= 15 is 0 Å². The maximum Gasteiger partial charge on any atom is 0.297 e. The fraction of sp³-hybridized carbons (Fsp3) is 0.500. The van der Waals surface area contributed by atoms with E-state index in [2.05, 4.69) is 36.4 Å². The second-order valence-electron chi connectivity index (χ2n) is 6.00. The van der Waals surface area contributed by atoms with E-state index in [1.807, 2.05) is 18.2 Å². The Kier molecular flexibility index (Phi) is 2.18.